The number of nitrogens with zero attached hydrogens (tertiary/aromatic N) is 3. The molecule has 0 fully saturated rings. The molecule has 1 atom stereocenters. The third kappa shape index (κ3) is 2.30. The smallest absolute Gasteiger partial charge is 0.0568 e. The molecule has 0 bridgehead atoms. The second-order valence-corrected chi connectivity index (χ2v) is 5.71. The summed E-state index contributed by atoms with van der Waals surface area (Å²) >= 11 is 0. The number of rotatable bonds is 2. The molecular formula is C16H21N3. The van der Waals surface area contributed by atoms with Gasteiger partial charge in [0, 0.05) is 24.8 Å². The summed E-state index contributed by atoms with van der Waals surface area (Å²) in [5.41, 5.74) is 5.63. The first kappa shape index (κ1) is 12.4. The van der Waals surface area contributed by atoms with Crippen molar-refractivity contribution in [2.24, 2.45) is 7.05 Å². The van der Waals surface area contributed by atoms with Crippen LogP contribution in [-0.2, 0) is 19.9 Å². The molecule has 0 saturated carbocycles. The van der Waals surface area contributed by atoms with E-state index in [1.54, 1.807) is 0 Å². The molecule has 2 aromatic rings. The van der Waals surface area contributed by atoms with Crippen LogP contribution in [0.3, 0.4) is 0 Å². The molecule has 0 N–H and O–H groups in total. The summed E-state index contributed by atoms with van der Waals surface area (Å²) < 4.78 is 1.88. The van der Waals surface area contributed by atoms with Crippen molar-refractivity contribution in [3.8, 4) is 11.1 Å². The molecule has 0 aliphatic heterocycles. The molecule has 3 rings (SSSR count). The minimum atomic E-state index is 0.677. The van der Waals surface area contributed by atoms with Crippen molar-refractivity contribution in [2.75, 3.05) is 14.1 Å². The number of benzene rings is 1. The van der Waals surface area contributed by atoms with Crippen molar-refractivity contribution >= 4 is 0 Å². The second kappa shape index (κ2) is 4.82. The van der Waals surface area contributed by atoms with Gasteiger partial charge in [0.25, 0.3) is 0 Å². The molecule has 1 aliphatic rings. The van der Waals surface area contributed by atoms with Gasteiger partial charge >= 0.3 is 0 Å². The summed E-state index contributed by atoms with van der Waals surface area (Å²) in [7, 11) is 6.34. The maximum atomic E-state index is 4.29. The molecular weight excluding hydrogens is 234 g/mol. The number of fused-ring (bicyclic) bond motifs is 1. The fraction of sp³-hybridized carbons (Fsp3) is 0.438. The molecule has 0 amide bonds. The van der Waals surface area contributed by atoms with E-state index in [0.717, 1.165) is 6.42 Å². The number of hydrogen-bond acceptors (Lipinski definition) is 2. The predicted octanol–water partition coefficient (Wildman–Crippen LogP) is 2.51. The van der Waals surface area contributed by atoms with Gasteiger partial charge in [-0.15, -0.1) is 0 Å². The third-order valence-electron chi connectivity index (χ3n) is 4.20. The zero-order valence-corrected chi connectivity index (χ0v) is 11.9. The maximum Gasteiger partial charge on any atom is 0.0568 e. The van der Waals surface area contributed by atoms with Crippen LogP contribution < -0.4 is 0 Å². The van der Waals surface area contributed by atoms with E-state index in [4.69, 9.17) is 0 Å². The molecule has 0 spiro atoms. The molecule has 0 radical (unpaired) electrons. The Hall–Kier alpha value is -1.61. The number of likely N-dealkylation sites (N-methyl/N-ethyl adjacent to an activating group) is 1. The number of aryl methyl sites for hydroxylation is 1. The third-order valence-corrected chi connectivity index (χ3v) is 4.20. The van der Waals surface area contributed by atoms with Gasteiger partial charge in [-0.1, -0.05) is 18.2 Å². The van der Waals surface area contributed by atoms with Crippen LogP contribution in [-0.4, -0.2) is 34.8 Å². The highest BCUT2D eigenvalue weighted by Crippen LogP contribution is 2.32. The van der Waals surface area contributed by atoms with E-state index >= 15 is 0 Å². The van der Waals surface area contributed by atoms with Gasteiger partial charge in [-0.2, -0.15) is 5.10 Å². The Morgan fingerprint density at radius 3 is 2.84 bits per heavy atom. The van der Waals surface area contributed by atoms with Crippen LogP contribution in [0, 0.1) is 0 Å². The first-order valence-electron chi connectivity index (χ1n) is 6.91. The molecule has 0 saturated heterocycles. The second-order valence-electron chi connectivity index (χ2n) is 5.71. The van der Waals surface area contributed by atoms with Gasteiger partial charge in [-0.05, 0) is 50.0 Å². The Balaban J connectivity index is 1.99. The molecule has 1 heterocycles. The molecule has 100 valence electrons. The molecule has 3 nitrogen and oxygen atoms in total. The van der Waals surface area contributed by atoms with Crippen LogP contribution in [0.15, 0.2) is 30.6 Å². The van der Waals surface area contributed by atoms with E-state index in [1.165, 1.54) is 35.1 Å². The number of aromatic nitrogens is 2. The van der Waals surface area contributed by atoms with E-state index in [0.29, 0.717) is 6.04 Å². The normalized spacial score (nSPS) is 18.6. The minimum Gasteiger partial charge on any atom is -0.306 e. The van der Waals surface area contributed by atoms with Crippen molar-refractivity contribution < 1.29 is 0 Å². The van der Waals surface area contributed by atoms with Crippen molar-refractivity contribution in [1.82, 2.24) is 14.7 Å². The lowest BCUT2D eigenvalue weighted by atomic mass is 9.84. The number of hydrogen-bond donors (Lipinski definition) is 0. The zero-order valence-electron chi connectivity index (χ0n) is 11.9. The highest BCUT2D eigenvalue weighted by molar-refractivity contribution is 5.68. The SMILES string of the molecule is CN(C)C1CCc2c(cccc2-c2cnn(C)c2)C1. The van der Waals surface area contributed by atoms with Crippen molar-refractivity contribution in [2.45, 2.75) is 25.3 Å². The zero-order chi connectivity index (χ0) is 13.4. The van der Waals surface area contributed by atoms with Crippen LogP contribution >= 0.6 is 0 Å². The lowest BCUT2D eigenvalue weighted by Crippen LogP contribution is -2.33. The van der Waals surface area contributed by atoms with Gasteiger partial charge in [0.15, 0.2) is 0 Å². The van der Waals surface area contributed by atoms with Crippen LogP contribution in [0.5, 0.6) is 0 Å². The predicted molar refractivity (Wildman–Crippen MR) is 78.1 cm³/mol. The highest BCUT2D eigenvalue weighted by Gasteiger charge is 2.22. The Morgan fingerprint density at radius 2 is 2.16 bits per heavy atom. The standard InChI is InChI=1S/C16H21N3/c1-18(2)14-7-8-16-12(9-14)5-4-6-15(16)13-10-17-19(3)11-13/h4-6,10-11,14H,7-9H2,1-3H3. The van der Waals surface area contributed by atoms with Crippen LogP contribution in [0.25, 0.3) is 11.1 Å². The fourth-order valence-electron chi connectivity index (χ4n) is 3.06. The molecule has 1 aliphatic carbocycles. The van der Waals surface area contributed by atoms with Crippen molar-refractivity contribution in [3.63, 3.8) is 0 Å². The summed E-state index contributed by atoms with van der Waals surface area (Å²) in [5.74, 6) is 0. The van der Waals surface area contributed by atoms with Gasteiger partial charge in [-0.25, -0.2) is 0 Å². The first-order chi connectivity index (χ1) is 9.15. The summed E-state index contributed by atoms with van der Waals surface area (Å²) in [4.78, 5) is 2.35. The Labute approximate surface area is 114 Å². The highest BCUT2D eigenvalue weighted by atomic mass is 15.2. The Morgan fingerprint density at radius 1 is 1.32 bits per heavy atom. The average molecular weight is 255 g/mol. The first-order valence-corrected chi connectivity index (χ1v) is 6.91. The van der Waals surface area contributed by atoms with Gasteiger partial charge in [0.1, 0.15) is 0 Å². The molecule has 19 heavy (non-hydrogen) atoms. The van der Waals surface area contributed by atoms with Gasteiger partial charge in [0.05, 0.1) is 6.20 Å². The largest absolute Gasteiger partial charge is 0.306 e. The summed E-state index contributed by atoms with van der Waals surface area (Å²) in [6.45, 7) is 0. The maximum absolute atomic E-state index is 4.29. The summed E-state index contributed by atoms with van der Waals surface area (Å²) in [6.07, 6.45) is 7.65. The molecule has 1 aromatic heterocycles. The summed E-state index contributed by atoms with van der Waals surface area (Å²) in [6, 6.07) is 7.37. The lowest BCUT2D eigenvalue weighted by molar-refractivity contribution is 0.268. The molecule has 3 heteroatoms. The van der Waals surface area contributed by atoms with E-state index in [1.807, 2.05) is 17.9 Å². The quantitative estimate of drug-likeness (QED) is 0.822. The van der Waals surface area contributed by atoms with Gasteiger partial charge in [0.2, 0.25) is 0 Å². The van der Waals surface area contributed by atoms with E-state index < -0.39 is 0 Å². The van der Waals surface area contributed by atoms with Crippen LogP contribution in [0.2, 0.25) is 0 Å². The monoisotopic (exact) mass is 255 g/mol. The average Bonchev–Trinajstić information content (AvgIpc) is 2.84. The van der Waals surface area contributed by atoms with E-state index in [-0.39, 0.29) is 0 Å². The van der Waals surface area contributed by atoms with E-state index in [9.17, 15) is 0 Å². The minimum absolute atomic E-state index is 0.677. The topological polar surface area (TPSA) is 21.1 Å². The van der Waals surface area contributed by atoms with Gasteiger partial charge in [-0.3, -0.25) is 4.68 Å². The Kier molecular flexibility index (Phi) is 3.15. The lowest BCUT2D eigenvalue weighted by Gasteiger charge is -2.30. The van der Waals surface area contributed by atoms with Crippen molar-refractivity contribution in [3.05, 3.63) is 41.7 Å². The fourth-order valence-corrected chi connectivity index (χ4v) is 3.06. The molecule has 1 aromatic carbocycles. The summed E-state index contributed by atoms with van der Waals surface area (Å²) in [5, 5.41) is 4.29. The van der Waals surface area contributed by atoms with Crippen LogP contribution in [0.4, 0.5) is 0 Å². The molecule has 1 unspecified atom stereocenters. The Bertz CT molecular complexity index is 583. The van der Waals surface area contributed by atoms with Crippen LogP contribution in [0.1, 0.15) is 17.5 Å². The van der Waals surface area contributed by atoms with E-state index in [2.05, 4.69) is 48.5 Å². The van der Waals surface area contributed by atoms with Gasteiger partial charge < -0.3 is 4.90 Å². The van der Waals surface area contributed by atoms with Crippen molar-refractivity contribution in [1.29, 1.82) is 0 Å².